The van der Waals surface area contributed by atoms with E-state index in [0.717, 1.165) is 16.9 Å². The minimum atomic E-state index is 0.402. The largest absolute Gasteiger partial charge is 0.497 e. The lowest BCUT2D eigenvalue weighted by Crippen LogP contribution is -1.95. The van der Waals surface area contributed by atoms with Crippen molar-refractivity contribution in [2.45, 2.75) is 0 Å². The molecule has 116 valence electrons. The highest BCUT2D eigenvalue weighted by Crippen LogP contribution is 2.21. The van der Waals surface area contributed by atoms with Gasteiger partial charge in [-0.05, 0) is 42.0 Å². The Balaban J connectivity index is 1.99. The SMILES string of the molecule is COc1cccc(/C=N/n2c(-c3cccc(Cl)c3)n[nH]c2=S)c1. The summed E-state index contributed by atoms with van der Waals surface area (Å²) < 4.78 is 7.16. The van der Waals surface area contributed by atoms with E-state index in [1.165, 1.54) is 0 Å². The van der Waals surface area contributed by atoms with Crippen molar-refractivity contribution >= 4 is 30.0 Å². The topological polar surface area (TPSA) is 55.2 Å². The summed E-state index contributed by atoms with van der Waals surface area (Å²) in [5.41, 5.74) is 1.72. The third-order valence-corrected chi connectivity index (χ3v) is 3.65. The number of H-pyrrole nitrogens is 1. The van der Waals surface area contributed by atoms with Crippen molar-refractivity contribution in [2.75, 3.05) is 7.11 Å². The molecule has 1 aromatic heterocycles. The molecule has 0 aliphatic carbocycles. The van der Waals surface area contributed by atoms with E-state index in [1.54, 1.807) is 24.1 Å². The molecule has 2 aromatic carbocycles. The molecule has 1 heterocycles. The van der Waals surface area contributed by atoms with Crippen LogP contribution in [0, 0.1) is 4.77 Å². The smallest absolute Gasteiger partial charge is 0.216 e. The van der Waals surface area contributed by atoms with Gasteiger partial charge in [0.1, 0.15) is 5.75 Å². The zero-order valence-corrected chi connectivity index (χ0v) is 13.8. The van der Waals surface area contributed by atoms with E-state index < -0.39 is 0 Å². The van der Waals surface area contributed by atoms with Gasteiger partial charge in [0.25, 0.3) is 0 Å². The molecule has 0 aliphatic heterocycles. The zero-order valence-electron chi connectivity index (χ0n) is 12.2. The summed E-state index contributed by atoms with van der Waals surface area (Å²) in [5.74, 6) is 1.36. The average Bonchev–Trinajstić information content (AvgIpc) is 2.94. The van der Waals surface area contributed by atoms with Crippen molar-refractivity contribution in [3.63, 3.8) is 0 Å². The number of nitrogens with one attached hydrogen (secondary N) is 1. The Hall–Kier alpha value is -2.44. The van der Waals surface area contributed by atoms with Crippen LogP contribution in [0.15, 0.2) is 53.6 Å². The van der Waals surface area contributed by atoms with Gasteiger partial charge in [0, 0.05) is 10.6 Å². The van der Waals surface area contributed by atoms with Crippen LogP contribution in [0.5, 0.6) is 5.75 Å². The van der Waals surface area contributed by atoms with Crippen molar-refractivity contribution in [1.82, 2.24) is 14.9 Å². The maximum absolute atomic E-state index is 6.03. The molecule has 23 heavy (non-hydrogen) atoms. The molecule has 0 atom stereocenters. The van der Waals surface area contributed by atoms with Gasteiger partial charge in [-0.3, -0.25) is 0 Å². The van der Waals surface area contributed by atoms with E-state index in [0.29, 0.717) is 15.6 Å². The molecule has 0 bridgehead atoms. The van der Waals surface area contributed by atoms with E-state index in [1.807, 2.05) is 42.5 Å². The van der Waals surface area contributed by atoms with E-state index in [9.17, 15) is 0 Å². The Labute approximate surface area is 143 Å². The number of benzene rings is 2. The molecule has 0 spiro atoms. The molecule has 0 radical (unpaired) electrons. The molecular weight excluding hydrogens is 332 g/mol. The molecule has 0 unspecified atom stereocenters. The Bertz CT molecular complexity index is 916. The summed E-state index contributed by atoms with van der Waals surface area (Å²) in [5, 5.41) is 12.0. The summed E-state index contributed by atoms with van der Waals surface area (Å²) in [6, 6.07) is 14.9. The van der Waals surface area contributed by atoms with Crippen LogP contribution in [0.2, 0.25) is 5.02 Å². The molecule has 1 N–H and O–H groups in total. The average molecular weight is 345 g/mol. The summed E-state index contributed by atoms with van der Waals surface area (Å²) >= 11 is 11.3. The molecule has 3 rings (SSSR count). The van der Waals surface area contributed by atoms with Crippen LogP contribution in [0.1, 0.15) is 5.56 Å². The first-order valence-electron chi connectivity index (χ1n) is 6.79. The third kappa shape index (κ3) is 3.49. The van der Waals surface area contributed by atoms with E-state index in [2.05, 4.69) is 15.3 Å². The number of methoxy groups -OCH3 is 1. The van der Waals surface area contributed by atoms with Crippen molar-refractivity contribution in [3.8, 4) is 17.1 Å². The first-order valence-corrected chi connectivity index (χ1v) is 7.58. The lowest BCUT2D eigenvalue weighted by Gasteiger charge is -2.02. The fraction of sp³-hybridized carbons (Fsp3) is 0.0625. The molecule has 0 amide bonds. The first kappa shape index (κ1) is 15.5. The second-order valence-corrected chi connectivity index (χ2v) is 5.52. The normalized spacial score (nSPS) is 11.0. The highest BCUT2D eigenvalue weighted by molar-refractivity contribution is 7.71. The predicted octanol–water partition coefficient (Wildman–Crippen LogP) is 4.15. The zero-order chi connectivity index (χ0) is 16.2. The van der Waals surface area contributed by atoms with Crippen LogP contribution >= 0.6 is 23.8 Å². The molecule has 3 aromatic rings. The lowest BCUT2D eigenvalue weighted by atomic mass is 10.2. The molecule has 0 aliphatic rings. The van der Waals surface area contributed by atoms with Crippen LogP contribution in [0.4, 0.5) is 0 Å². The predicted molar refractivity (Wildman–Crippen MR) is 93.8 cm³/mol. The van der Waals surface area contributed by atoms with Crippen LogP contribution in [0.25, 0.3) is 11.4 Å². The fourth-order valence-corrected chi connectivity index (χ4v) is 2.43. The number of hydrogen-bond acceptors (Lipinski definition) is 4. The number of aromatic nitrogens is 3. The summed E-state index contributed by atoms with van der Waals surface area (Å²) in [4.78, 5) is 0. The summed E-state index contributed by atoms with van der Waals surface area (Å²) in [6.45, 7) is 0. The molecule has 0 saturated heterocycles. The highest BCUT2D eigenvalue weighted by Gasteiger charge is 2.08. The number of nitrogens with zero attached hydrogens (tertiary/aromatic N) is 3. The van der Waals surface area contributed by atoms with Crippen molar-refractivity contribution in [1.29, 1.82) is 0 Å². The summed E-state index contributed by atoms with van der Waals surface area (Å²) in [6.07, 6.45) is 1.70. The number of ether oxygens (including phenoxy) is 1. The molecule has 5 nitrogen and oxygen atoms in total. The van der Waals surface area contributed by atoms with E-state index in [4.69, 9.17) is 28.6 Å². The second kappa shape index (κ2) is 6.76. The Morgan fingerprint density at radius 2 is 2.09 bits per heavy atom. The first-order chi connectivity index (χ1) is 11.2. The van der Waals surface area contributed by atoms with Gasteiger partial charge in [0.2, 0.25) is 4.77 Å². The van der Waals surface area contributed by atoms with Gasteiger partial charge in [-0.1, -0.05) is 35.9 Å². The number of aromatic amines is 1. The van der Waals surface area contributed by atoms with Gasteiger partial charge >= 0.3 is 0 Å². The van der Waals surface area contributed by atoms with Gasteiger partial charge in [0.05, 0.1) is 13.3 Å². The van der Waals surface area contributed by atoms with Gasteiger partial charge in [-0.15, -0.1) is 0 Å². The van der Waals surface area contributed by atoms with Gasteiger partial charge in [0.15, 0.2) is 5.82 Å². The second-order valence-electron chi connectivity index (χ2n) is 4.70. The van der Waals surface area contributed by atoms with Crippen LogP contribution in [0.3, 0.4) is 0 Å². The van der Waals surface area contributed by atoms with E-state index in [-0.39, 0.29) is 0 Å². The Morgan fingerprint density at radius 1 is 1.26 bits per heavy atom. The number of halogens is 1. The lowest BCUT2D eigenvalue weighted by molar-refractivity contribution is 0.415. The van der Waals surface area contributed by atoms with Crippen molar-refractivity contribution in [2.24, 2.45) is 5.10 Å². The maximum atomic E-state index is 6.03. The number of rotatable bonds is 4. The molecular formula is C16H13ClN4OS. The molecule has 0 fully saturated rings. The van der Waals surface area contributed by atoms with Crippen molar-refractivity contribution < 1.29 is 4.74 Å². The third-order valence-electron chi connectivity index (χ3n) is 3.15. The van der Waals surface area contributed by atoms with Crippen molar-refractivity contribution in [3.05, 3.63) is 63.9 Å². The monoisotopic (exact) mass is 344 g/mol. The minimum absolute atomic E-state index is 0.402. The van der Waals surface area contributed by atoms with Gasteiger partial charge in [-0.2, -0.15) is 14.9 Å². The standard InChI is InChI=1S/C16H13ClN4OS/c1-22-14-7-2-4-11(8-14)10-18-21-15(19-20-16(21)23)12-5-3-6-13(17)9-12/h2-10H,1H3,(H,20,23)/b18-10+. The number of hydrogen-bond donors (Lipinski definition) is 1. The quantitative estimate of drug-likeness (QED) is 0.571. The molecule has 0 saturated carbocycles. The Morgan fingerprint density at radius 3 is 2.87 bits per heavy atom. The molecule has 7 heteroatoms. The van der Waals surface area contributed by atoms with Crippen LogP contribution < -0.4 is 4.74 Å². The van der Waals surface area contributed by atoms with Crippen LogP contribution in [-0.2, 0) is 0 Å². The van der Waals surface area contributed by atoms with Crippen LogP contribution in [-0.4, -0.2) is 28.2 Å². The maximum Gasteiger partial charge on any atom is 0.216 e. The highest BCUT2D eigenvalue weighted by atomic mass is 35.5. The summed E-state index contributed by atoms with van der Waals surface area (Å²) in [7, 11) is 1.62. The Kier molecular flexibility index (Phi) is 4.55. The van der Waals surface area contributed by atoms with Gasteiger partial charge in [-0.25, -0.2) is 5.10 Å². The fourth-order valence-electron chi connectivity index (χ4n) is 2.06. The van der Waals surface area contributed by atoms with Gasteiger partial charge < -0.3 is 4.74 Å². The minimum Gasteiger partial charge on any atom is -0.497 e. The van der Waals surface area contributed by atoms with E-state index >= 15 is 0 Å².